The Morgan fingerprint density at radius 1 is 1.58 bits per heavy atom. The van der Waals surface area contributed by atoms with E-state index in [1.807, 2.05) is 25.1 Å². The number of hydrogen-bond acceptors (Lipinski definition) is 5. The Hall–Kier alpha value is -1.05. The van der Waals surface area contributed by atoms with Crippen molar-refractivity contribution in [2.24, 2.45) is 0 Å². The number of halogens is 1. The van der Waals surface area contributed by atoms with Gasteiger partial charge in [0.05, 0.1) is 16.2 Å². The molecular formula is C12H12BrN3OS2. The molecule has 1 amide bonds. The van der Waals surface area contributed by atoms with E-state index in [4.69, 9.17) is 5.73 Å². The van der Waals surface area contributed by atoms with Crippen LogP contribution >= 0.6 is 39.0 Å². The molecule has 1 aromatic heterocycles. The van der Waals surface area contributed by atoms with Crippen LogP contribution in [0.25, 0.3) is 0 Å². The summed E-state index contributed by atoms with van der Waals surface area (Å²) in [6.07, 6.45) is 1.68. The lowest BCUT2D eigenvalue weighted by Crippen LogP contribution is -2.14. The summed E-state index contributed by atoms with van der Waals surface area (Å²) in [5.74, 6) is 0.305. The van der Waals surface area contributed by atoms with Crippen molar-refractivity contribution in [3.8, 4) is 0 Å². The molecule has 1 heterocycles. The molecule has 0 aliphatic carbocycles. The van der Waals surface area contributed by atoms with Gasteiger partial charge >= 0.3 is 0 Å². The van der Waals surface area contributed by atoms with E-state index in [0.717, 1.165) is 19.9 Å². The zero-order chi connectivity index (χ0) is 13.8. The number of nitrogens with one attached hydrogen (secondary N) is 1. The van der Waals surface area contributed by atoms with E-state index in [1.165, 1.54) is 23.1 Å². The van der Waals surface area contributed by atoms with Crippen molar-refractivity contribution >= 4 is 55.8 Å². The van der Waals surface area contributed by atoms with Crippen LogP contribution in [0.4, 0.5) is 10.8 Å². The van der Waals surface area contributed by atoms with Crippen LogP contribution in [0, 0.1) is 6.92 Å². The van der Waals surface area contributed by atoms with Gasteiger partial charge in [-0.05, 0) is 30.7 Å². The van der Waals surface area contributed by atoms with Gasteiger partial charge in [-0.25, -0.2) is 4.98 Å². The summed E-state index contributed by atoms with van der Waals surface area (Å²) in [7, 11) is 0. The lowest BCUT2D eigenvalue weighted by atomic mass is 10.2. The fourth-order valence-corrected chi connectivity index (χ4v) is 3.46. The number of nitrogens with two attached hydrogens (primary N) is 1. The third kappa shape index (κ3) is 4.22. The predicted octanol–water partition coefficient (Wildman–Crippen LogP) is 3.53. The number of nitrogen functional groups attached to an aromatic ring is 1. The summed E-state index contributed by atoms with van der Waals surface area (Å²) in [6.45, 7) is 1.96. The zero-order valence-electron chi connectivity index (χ0n) is 10.1. The first-order chi connectivity index (χ1) is 9.04. The summed E-state index contributed by atoms with van der Waals surface area (Å²) in [6, 6.07) is 5.75. The Bertz CT molecular complexity index is 600. The van der Waals surface area contributed by atoms with Crippen LogP contribution in [0.15, 0.2) is 33.1 Å². The molecule has 0 bridgehead atoms. The zero-order valence-corrected chi connectivity index (χ0v) is 13.4. The van der Waals surface area contributed by atoms with E-state index in [0.29, 0.717) is 10.9 Å². The minimum atomic E-state index is -0.0395. The Morgan fingerprint density at radius 3 is 3.00 bits per heavy atom. The topological polar surface area (TPSA) is 68.0 Å². The van der Waals surface area contributed by atoms with E-state index in [1.54, 1.807) is 6.20 Å². The van der Waals surface area contributed by atoms with Crippen molar-refractivity contribution in [1.82, 2.24) is 4.98 Å². The third-order valence-corrected chi connectivity index (χ3v) is 4.82. The molecule has 1 aromatic carbocycles. The summed E-state index contributed by atoms with van der Waals surface area (Å²) < 4.78 is 1.94. The van der Waals surface area contributed by atoms with Gasteiger partial charge in [0, 0.05) is 10.2 Å². The maximum atomic E-state index is 11.8. The number of rotatable bonds is 4. The smallest absolute Gasteiger partial charge is 0.234 e. The number of thiazole rings is 1. The number of carbonyl (C=O) groups excluding carboxylic acids is 1. The summed E-state index contributed by atoms with van der Waals surface area (Å²) in [5, 5.41) is 3.41. The molecule has 0 atom stereocenters. The molecule has 4 nitrogen and oxygen atoms in total. The van der Waals surface area contributed by atoms with Gasteiger partial charge in [0.2, 0.25) is 5.91 Å². The van der Waals surface area contributed by atoms with Crippen LogP contribution in [0.1, 0.15) is 5.56 Å². The fraction of sp³-hybridized carbons (Fsp3) is 0.167. The molecule has 2 rings (SSSR count). The van der Waals surface area contributed by atoms with Crippen molar-refractivity contribution in [2.45, 2.75) is 11.1 Å². The lowest BCUT2D eigenvalue weighted by Gasteiger charge is -2.08. The van der Waals surface area contributed by atoms with Crippen molar-refractivity contribution < 1.29 is 4.79 Å². The van der Waals surface area contributed by atoms with Crippen molar-refractivity contribution in [3.63, 3.8) is 0 Å². The average Bonchev–Trinajstić information content (AvgIpc) is 2.76. The SMILES string of the molecule is Cc1cc(Br)ccc1NC(=O)CSc1cnc(N)s1. The number of aryl methyl sites for hydroxylation is 1. The first-order valence-corrected chi connectivity index (χ1v) is 8.04. The molecule has 3 N–H and O–H groups in total. The largest absolute Gasteiger partial charge is 0.375 e. The standard InChI is InChI=1S/C12H12BrN3OS2/c1-7-4-8(13)2-3-9(7)16-10(17)6-18-11-5-15-12(14)19-11/h2-5H,6H2,1H3,(H2,14,15)(H,16,17). The maximum absolute atomic E-state index is 11.8. The normalized spacial score (nSPS) is 10.4. The third-order valence-electron chi connectivity index (χ3n) is 2.31. The van der Waals surface area contributed by atoms with Crippen LogP contribution in [-0.2, 0) is 4.79 Å². The first kappa shape index (κ1) is 14.4. The van der Waals surface area contributed by atoms with E-state index in [2.05, 4.69) is 26.2 Å². The summed E-state index contributed by atoms with van der Waals surface area (Å²) >= 11 is 6.21. The van der Waals surface area contributed by atoms with Gasteiger partial charge in [-0.3, -0.25) is 4.79 Å². The highest BCUT2D eigenvalue weighted by Gasteiger charge is 2.07. The van der Waals surface area contributed by atoms with Crippen molar-refractivity contribution in [2.75, 3.05) is 16.8 Å². The van der Waals surface area contributed by atoms with Crippen LogP contribution in [0.5, 0.6) is 0 Å². The summed E-state index contributed by atoms with van der Waals surface area (Å²) in [5.41, 5.74) is 7.39. The van der Waals surface area contributed by atoms with Crippen LogP contribution in [0.3, 0.4) is 0 Å². The summed E-state index contributed by atoms with van der Waals surface area (Å²) in [4.78, 5) is 15.8. The highest BCUT2D eigenvalue weighted by atomic mass is 79.9. The molecule has 0 aliphatic rings. The predicted molar refractivity (Wildman–Crippen MR) is 84.8 cm³/mol. The Kier molecular flexibility index (Phi) is 4.84. The van der Waals surface area contributed by atoms with Gasteiger partial charge in [-0.2, -0.15) is 0 Å². The monoisotopic (exact) mass is 357 g/mol. The number of hydrogen-bond donors (Lipinski definition) is 2. The number of nitrogens with zero attached hydrogens (tertiary/aromatic N) is 1. The molecular weight excluding hydrogens is 346 g/mol. The van der Waals surface area contributed by atoms with Crippen molar-refractivity contribution in [3.05, 3.63) is 34.4 Å². The fourth-order valence-electron chi connectivity index (χ4n) is 1.43. The minimum absolute atomic E-state index is 0.0395. The number of thioether (sulfide) groups is 1. The average molecular weight is 358 g/mol. The molecule has 7 heteroatoms. The van der Waals surface area contributed by atoms with E-state index in [9.17, 15) is 4.79 Å². The second-order valence-corrected chi connectivity index (χ2v) is 7.07. The number of benzene rings is 1. The molecule has 0 spiro atoms. The lowest BCUT2D eigenvalue weighted by molar-refractivity contribution is -0.113. The molecule has 0 fully saturated rings. The van der Waals surface area contributed by atoms with Gasteiger partial charge in [0.1, 0.15) is 0 Å². The molecule has 100 valence electrons. The Labute approximate surface area is 127 Å². The molecule has 0 aliphatic heterocycles. The maximum Gasteiger partial charge on any atom is 0.234 e. The molecule has 0 radical (unpaired) electrons. The number of carbonyl (C=O) groups is 1. The number of anilines is 2. The molecule has 0 saturated heterocycles. The molecule has 2 aromatic rings. The van der Waals surface area contributed by atoms with E-state index >= 15 is 0 Å². The van der Waals surface area contributed by atoms with Gasteiger partial charge in [0.25, 0.3) is 0 Å². The van der Waals surface area contributed by atoms with Gasteiger partial charge in [-0.15, -0.1) is 11.8 Å². The molecule has 19 heavy (non-hydrogen) atoms. The quantitative estimate of drug-likeness (QED) is 0.821. The van der Waals surface area contributed by atoms with Crippen LogP contribution in [0.2, 0.25) is 0 Å². The highest BCUT2D eigenvalue weighted by Crippen LogP contribution is 2.26. The second kappa shape index (κ2) is 6.40. The number of amides is 1. The Balaban J connectivity index is 1.90. The van der Waals surface area contributed by atoms with Gasteiger partial charge in [-0.1, -0.05) is 27.3 Å². The first-order valence-electron chi connectivity index (χ1n) is 5.44. The van der Waals surface area contributed by atoms with Crippen LogP contribution < -0.4 is 11.1 Å². The van der Waals surface area contributed by atoms with E-state index < -0.39 is 0 Å². The second-order valence-electron chi connectivity index (χ2n) is 3.81. The van der Waals surface area contributed by atoms with Gasteiger partial charge in [0.15, 0.2) is 5.13 Å². The van der Waals surface area contributed by atoms with Crippen molar-refractivity contribution in [1.29, 1.82) is 0 Å². The van der Waals surface area contributed by atoms with E-state index in [-0.39, 0.29) is 5.91 Å². The number of aromatic nitrogens is 1. The minimum Gasteiger partial charge on any atom is -0.375 e. The highest BCUT2D eigenvalue weighted by molar-refractivity contribution is 9.10. The molecule has 0 saturated carbocycles. The molecule has 0 unspecified atom stereocenters. The Morgan fingerprint density at radius 2 is 2.37 bits per heavy atom. The van der Waals surface area contributed by atoms with Crippen LogP contribution in [-0.4, -0.2) is 16.6 Å². The van der Waals surface area contributed by atoms with Gasteiger partial charge < -0.3 is 11.1 Å².